The van der Waals surface area contributed by atoms with Crippen molar-refractivity contribution in [2.75, 3.05) is 19.6 Å². The van der Waals surface area contributed by atoms with Gasteiger partial charge in [0.15, 0.2) is 12.2 Å². The number of carbonyl (C=O) groups excluding carboxylic acids is 4. The minimum Gasteiger partial charge on any atom is -0.469 e. The number of halogens is 1. The summed E-state index contributed by atoms with van der Waals surface area (Å²) in [4.78, 5) is 51.8. The van der Waals surface area contributed by atoms with Gasteiger partial charge >= 0.3 is 23.9 Å². The van der Waals surface area contributed by atoms with Crippen LogP contribution in [-0.2, 0) is 42.9 Å². The second-order valence-corrected chi connectivity index (χ2v) is 9.97. The minimum absolute atomic E-state index is 0.119. The first-order chi connectivity index (χ1) is 17.5. The van der Waals surface area contributed by atoms with E-state index in [0.717, 1.165) is 7.11 Å². The molecule has 3 aliphatic heterocycles. The van der Waals surface area contributed by atoms with Crippen molar-refractivity contribution in [2.24, 2.45) is 17.8 Å². The largest absolute Gasteiger partial charge is 0.469 e. The molecule has 3 fully saturated rings. The molecule has 0 aromatic rings. The topological polar surface area (TPSA) is 155 Å². The average Bonchev–Trinajstić information content (AvgIpc) is 3.44. The summed E-state index contributed by atoms with van der Waals surface area (Å²) >= 11 is 6.25. The number of allylic oxidation sites excluding steroid dienone is 1. The minimum atomic E-state index is -1.55. The van der Waals surface area contributed by atoms with Gasteiger partial charge in [-0.3, -0.25) is 9.59 Å². The molecule has 3 heterocycles. The summed E-state index contributed by atoms with van der Waals surface area (Å²) in [5.74, 6) is -6.81. The first kappa shape index (κ1) is 29.1. The van der Waals surface area contributed by atoms with E-state index in [1.165, 1.54) is 13.0 Å². The molecule has 8 atom stereocenters. The third kappa shape index (κ3) is 5.27. The summed E-state index contributed by atoms with van der Waals surface area (Å²) in [7, 11) is 1.14. The van der Waals surface area contributed by atoms with E-state index < -0.39 is 84.4 Å². The van der Waals surface area contributed by atoms with Crippen molar-refractivity contribution in [3.8, 4) is 0 Å². The van der Waals surface area contributed by atoms with E-state index in [2.05, 4.69) is 6.58 Å². The quantitative estimate of drug-likeness (QED) is 0.202. The van der Waals surface area contributed by atoms with Crippen molar-refractivity contribution in [3.63, 3.8) is 0 Å². The molecule has 206 valence electrons. The average molecular weight is 545 g/mol. The molecular weight excluding hydrogens is 512 g/mol. The number of fused-ring (bicyclic) bond motifs is 3. The highest BCUT2D eigenvalue weighted by atomic mass is 35.5. The summed E-state index contributed by atoms with van der Waals surface area (Å²) in [5.41, 5.74) is -1.70. The van der Waals surface area contributed by atoms with Gasteiger partial charge in [0.1, 0.15) is 23.7 Å². The van der Waals surface area contributed by atoms with Gasteiger partial charge in [0.2, 0.25) is 0 Å². The van der Waals surface area contributed by atoms with Crippen LogP contribution in [0.2, 0.25) is 0 Å². The van der Waals surface area contributed by atoms with Crippen molar-refractivity contribution in [3.05, 3.63) is 23.8 Å². The molecule has 11 nitrogen and oxygen atoms in total. The van der Waals surface area contributed by atoms with Crippen LogP contribution >= 0.6 is 11.6 Å². The van der Waals surface area contributed by atoms with Gasteiger partial charge in [-0.05, 0) is 19.8 Å². The van der Waals surface area contributed by atoms with Gasteiger partial charge in [0, 0.05) is 5.57 Å². The predicted molar refractivity (Wildman–Crippen MR) is 127 cm³/mol. The fourth-order valence-electron chi connectivity index (χ4n) is 5.07. The molecule has 0 aromatic heterocycles. The van der Waals surface area contributed by atoms with Crippen LogP contribution in [0.1, 0.15) is 33.6 Å². The zero-order valence-electron chi connectivity index (χ0n) is 21.2. The number of ether oxygens (including phenoxy) is 5. The first-order valence-electron chi connectivity index (χ1n) is 12.0. The summed E-state index contributed by atoms with van der Waals surface area (Å²) < 4.78 is 28.2. The molecule has 0 unspecified atom stereocenters. The second kappa shape index (κ2) is 11.5. The summed E-state index contributed by atoms with van der Waals surface area (Å²) in [6, 6.07) is 0. The summed E-state index contributed by atoms with van der Waals surface area (Å²) in [6.45, 7) is 7.78. The van der Waals surface area contributed by atoms with Gasteiger partial charge in [-0.15, -0.1) is 11.6 Å². The van der Waals surface area contributed by atoms with Gasteiger partial charge in [-0.1, -0.05) is 26.5 Å². The molecule has 2 bridgehead atoms. The van der Waals surface area contributed by atoms with E-state index in [1.807, 2.05) is 0 Å². The fourth-order valence-corrected chi connectivity index (χ4v) is 5.43. The molecule has 37 heavy (non-hydrogen) atoms. The highest BCUT2D eigenvalue weighted by Crippen LogP contribution is 2.48. The maximum absolute atomic E-state index is 13.2. The number of esters is 4. The van der Waals surface area contributed by atoms with E-state index in [1.54, 1.807) is 13.8 Å². The Labute approximate surface area is 219 Å². The molecule has 3 saturated heterocycles. The molecule has 0 aliphatic carbocycles. The molecule has 0 radical (unpaired) electrons. The lowest BCUT2D eigenvalue weighted by atomic mass is 9.76. The number of alkyl halides is 1. The molecule has 12 heteroatoms. The molecule has 0 saturated carbocycles. The number of rotatable bonds is 7. The molecule has 0 aromatic carbocycles. The summed E-state index contributed by atoms with van der Waals surface area (Å²) in [5, 5.41) is 21.0. The van der Waals surface area contributed by atoms with E-state index in [-0.39, 0.29) is 29.9 Å². The zero-order valence-corrected chi connectivity index (χ0v) is 21.9. The Kier molecular flexibility index (Phi) is 9.05. The van der Waals surface area contributed by atoms with Crippen molar-refractivity contribution < 1.29 is 53.1 Å². The first-order valence-corrected chi connectivity index (χ1v) is 12.6. The molecule has 3 rings (SSSR count). The van der Waals surface area contributed by atoms with Crippen LogP contribution in [0.4, 0.5) is 0 Å². The summed E-state index contributed by atoms with van der Waals surface area (Å²) in [6.07, 6.45) is -5.13. The van der Waals surface area contributed by atoms with Gasteiger partial charge in [0.25, 0.3) is 0 Å². The third-order valence-electron chi connectivity index (χ3n) is 7.23. The van der Waals surface area contributed by atoms with Crippen molar-refractivity contribution in [1.29, 1.82) is 0 Å². The van der Waals surface area contributed by atoms with E-state index in [9.17, 15) is 29.4 Å². The Morgan fingerprint density at radius 1 is 1.27 bits per heavy atom. The van der Waals surface area contributed by atoms with Gasteiger partial charge in [-0.25, -0.2) is 9.59 Å². The van der Waals surface area contributed by atoms with Crippen molar-refractivity contribution in [2.45, 2.75) is 69.7 Å². The highest BCUT2D eigenvalue weighted by Gasteiger charge is 2.63. The lowest BCUT2D eigenvalue weighted by molar-refractivity contribution is -0.190. The Morgan fingerprint density at radius 3 is 2.49 bits per heavy atom. The molecular formula is C25H33ClO11. The number of hydrogen-bond acceptors (Lipinski definition) is 11. The van der Waals surface area contributed by atoms with E-state index in [0.29, 0.717) is 0 Å². The van der Waals surface area contributed by atoms with Crippen LogP contribution in [0.15, 0.2) is 23.8 Å². The fraction of sp³-hybridized carbons (Fsp3) is 0.680. The van der Waals surface area contributed by atoms with Crippen LogP contribution in [-0.4, -0.2) is 89.8 Å². The Balaban J connectivity index is 2.26. The van der Waals surface area contributed by atoms with Crippen LogP contribution in [0.3, 0.4) is 0 Å². The maximum Gasteiger partial charge on any atom is 0.336 e. The standard InChI is InChI=1S/C25H33ClO11/c1-6-13(9-27)23(31)35-17-15-12(4)22(30)36-19(15)20(28)25(10-26)8-7-14(37-25)16(24(32)33-5)18(17)34-21(29)11(2)3/h6,11,14-20,27-28H,4,7-10H2,1-3,5H3/b13-6-/t14-,15+,16-,17-,18-,19-,20+,25-/m0/s1. The molecule has 3 aliphatic rings. The van der Waals surface area contributed by atoms with Crippen LogP contribution < -0.4 is 0 Å². The van der Waals surface area contributed by atoms with Crippen molar-refractivity contribution >= 4 is 35.5 Å². The number of aliphatic hydroxyl groups is 2. The SMILES string of the molecule is C=C1C(=O)O[C@H]2[C@H]1[C@H](OC(=O)/C(=C\C)CO)[C@@H](OC(=O)C(C)C)[C@@H](C(=O)OC)[C@@H]1CC[C@@](CCl)(O1)[C@@H]2O. The van der Waals surface area contributed by atoms with E-state index >= 15 is 0 Å². The normalized spacial score (nSPS) is 35.7. The Bertz CT molecular complexity index is 976. The lowest BCUT2D eigenvalue weighted by Gasteiger charge is -2.38. The van der Waals surface area contributed by atoms with Crippen molar-refractivity contribution in [1.82, 2.24) is 0 Å². The highest BCUT2D eigenvalue weighted by molar-refractivity contribution is 6.18. The molecule has 0 amide bonds. The Morgan fingerprint density at radius 2 is 1.95 bits per heavy atom. The third-order valence-corrected chi connectivity index (χ3v) is 7.68. The number of carbonyl (C=O) groups is 4. The zero-order chi connectivity index (χ0) is 27.7. The second-order valence-electron chi connectivity index (χ2n) is 9.71. The van der Waals surface area contributed by atoms with Gasteiger partial charge in [0.05, 0.1) is 43.1 Å². The van der Waals surface area contributed by atoms with Crippen LogP contribution in [0, 0.1) is 17.8 Å². The van der Waals surface area contributed by atoms with Crippen LogP contribution in [0.25, 0.3) is 0 Å². The maximum atomic E-state index is 13.2. The number of hydrogen-bond donors (Lipinski definition) is 2. The van der Waals surface area contributed by atoms with Gasteiger partial charge < -0.3 is 33.9 Å². The lowest BCUT2D eigenvalue weighted by Crippen LogP contribution is -2.55. The smallest absolute Gasteiger partial charge is 0.336 e. The van der Waals surface area contributed by atoms with Gasteiger partial charge in [-0.2, -0.15) is 0 Å². The monoisotopic (exact) mass is 544 g/mol. The van der Waals surface area contributed by atoms with E-state index in [4.69, 9.17) is 35.3 Å². The predicted octanol–water partition coefficient (Wildman–Crippen LogP) is 0.823. The number of methoxy groups -OCH3 is 1. The molecule has 2 N–H and O–H groups in total. The molecule has 0 spiro atoms. The number of aliphatic hydroxyl groups excluding tert-OH is 2. The van der Waals surface area contributed by atoms with Crippen LogP contribution in [0.5, 0.6) is 0 Å². The Hall–Kier alpha value is -2.47.